The van der Waals surface area contributed by atoms with E-state index < -0.39 is 12.0 Å². The first kappa shape index (κ1) is 19.1. The third-order valence-electron chi connectivity index (χ3n) is 5.59. The number of aryl methyl sites for hydroxylation is 2. The largest absolute Gasteiger partial charge is 0.338 e. The summed E-state index contributed by atoms with van der Waals surface area (Å²) in [6.07, 6.45) is 0.471. The summed E-state index contributed by atoms with van der Waals surface area (Å²) in [5.74, 6) is -1.51. The monoisotopic (exact) mass is 368 g/mol. The van der Waals surface area contributed by atoms with Crippen LogP contribution in [0.4, 0.5) is 10.1 Å². The number of halogens is 1. The normalized spacial score (nSPS) is 17.9. The molecule has 2 atom stereocenters. The van der Waals surface area contributed by atoms with Gasteiger partial charge in [-0.3, -0.25) is 9.59 Å². The first-order valence-corrected chi connectivity index (χ1v) is 9.21. The van der Waals surface area contributed by atoms with Crippen LogP contribution in [0.15, 0.2) is 42.5 Å². The first-order valence-electron chi connectivity index (χ1n) is 9.21. The highest BCUT2D eigenvalue weighted by molar-refractivity contribution is 6.09. The summed E-state index contributed by atoms with van der Waals surface area (Å²) in [5, 5.41) is 0. The topological polar surface area (TPSA) is 40.6 Å². The average Bonchev–Trinajstić information content (AvgIpc) is 3.04. The second-order valence-electron chi connectivity index (χ2n) is 7.25. The molecule has 1 fully saturated rings. The van der Waals surface area contributed by atoms with Crippen molar-refractivity contribution in [1.29, 1.82) is 0 Å². The Morgan fingerprint density at radius 1 is 1.19 bits per heavy atom. The van der Waals surface area contributed by atoms with Crippen molar-refractivity contribution in [1.82, 2.24) is 4.90 Å². The lowest BCUT2D eigenvalue weighted by molar-refractivity contribution is -0.140. The molecule has 2 amide bonds. The van der Waals surface area contributed by atoms with Crippen molar-refractivity contribution in [2.45, 2.75) is 33.2 Å². The Labute approximate surface area is 159 Å². The van der Waals surface area contributed by atoms with E-state index in [9.17, 15) is 14.0 Å². The van der Waals surface area contributed by atoms with Crippen molar-refractivity contribution in [3.05, 3.63) is 65.0 Å². The standard InChI is InChI=1S/C22H25FN2O2/c1-14-9-10-17(13-15(14)2)25-12-11-19(22(25)27)21(26)24(4)16(3)18-7-5-6-8-20(18)23/h5-10,13,16,19H,11-12H2,1-4H3. The molecule has 0 aromatic heterocycles. The van der Waals surface area contributed by atoms with Crippen molar-refractivity contribution in [3.8, 4) is 0 Å². The van der Waals surface area contributed by atoms with E-state index in [0.29, 0.717) is 18.5 Å². The van der Waals surface area contributed by atoms with E-state index in [1.165, 1.54) is 11.0 Å². The zero-order valence-corrected chi connectivity index (χ0v) is 16.2. The second kappa shape index (κ2) is 7.51. The smallest absolute Gasteiger partial charge is 0.239 e. The molecule has 1 saturated heterocycles. The van der Waals surface area contributed by atoms with Crippen LogP contribution in [0.1, 0.15) is 36.1 Å². The summed E-state index contributed by atoms with van der Waals surface area (Å²) >= 11 is 0. The average molecular weight is 368 g/mol. The fourth-order valence-corrected chi connectivity index (χ4v) is 3.52. The molecule has 142 valence electrons. The maximum Gasteiger partial charge on any atom is 0.239 e. The molecule has 2 unspecified atom stereocenters. The van der Waals surface area contributed by atoms with E-state index in [1.807, 2.05) is 32.0 Å². The molecule has 0 aliphatic carbocycles. The fraction of sp³-hybridized carbons (Fsp3) is 0.364. The molecule has 0 spiro atoms. The number of carbonyl (C=O) groups is 2. The van der Waals surface area contributed by atoms with Crippen LogP contribution in [0.2, 0.25) is 0 Å². The summed E-state index contributed by atoms with van der Waals surface area (Å²) in [4.78, 5) is 29.0. The highest BCUT2D eigenvalue weighted by atomic mass is 19.1. The lowest BCUT2D eigenvalue weighted by Gasteiger charge is -2.28. The van der Waals surface area contributed by atoms with Crippen LogP contribution in [-0.2, 0) is 9.59 Å². The van der Waals surface area contributed by atoms with Crippen LogP contribution < -0.4 is 4.90 Å². The highest BCUT2D eigenvalue weighted by Crippen LogP contribution is 2.30. The number of carbonyl (C=O) groups excluding carboxylic acids is 2. The summed E-state index contributed by atoms with van der Waals surface area (Å²) in [7, 11) is 1.63. The van der Waals surface area contributed by atoms with Gasteiger partial charge in [-0.1, -0.05) is 24.3 Å². The van der Waals surface area contributed by atoms with E-state index in [2.05, 4.69) is 0 Å². The van der Waals surface area contributed by atoms with Gasteiger partial charge < -0.3 is 9.80 Å². The number of amides is 2. The molecular weight excluding hydrogens is 343 g/mol. The molecule has 2 aromatic carbocycles. The van der Waals surface area contributed by atoms with Crippen LogP contribution in [0.3, 0.4) is 0 Å². The molecule has 0 radical (unpaired) electrons. The number of hydrogen-bond acceptors (Lipinski definition) is 2. The predicted octanol–water partition coefficient (Wildman–Crippen LogP) is 4.02. The molecule has 5 heteroatoms. The second-order valence-corrected chi connectivity index (χ2v) is 7.25. The van der Waals surface area contributed by atoms with E-state index in [-0.39, 0.29) is 17.6 Å². The Kier molecular flexibility index (Phi) is 5.31. The Morgan fingerprint density at radius 2 is 1.89 bits per heavy atom. The third-order valence-corrected chi connectivity index (χ3v) is 5.59. The van der Waals surface area contributed by atoms with Gasteiger partial charge in [0.2, 0.25) is 11.8 Å². The summed E-state index contributed by atoms with van der Waals surface area (Å²) in [6, 6.07) is 11.9. The third kappa shape index (κ3) is 3.59. The van der Waals surface area contributed by atoms with Gasteiger partial charge in [0.1, 0.15) is 11.7 Å². The van der Waals surface area contributed by atoms with Crippen molar-refractivity contribution in [3.63, 3.8) is 0 Å². The van der Waals surface area contributed by atoms with Gasteiger partial charge in [-0.25, -0.2) is 4.39 Å². The van der Waals surface area contributed by atoms with E-state index in [4.69, 9.17) is 0 Å². The van der Waals surface area contributed by atoms with Gasteiger partial charge in [-0.05, 0) is 56.5 Å². The van der Waals surface area contributed by atoms with E-state index in [0.717, 1.165) is 16.8 Å². The molecule has 1 aliphatic heterocycles. The quantitative estimate of drug-likeness (QED) is 0.765. The van der Waals surface area contributed by atoms with Gasteiger partial charge in [0.05, 0.1) is 6.04 Å². The van der Waals surface area contributed by atoms with Gasteiger partial charge in [-0.15, -0.1) is 0 Å². The number of nitrogens with zero attached hydrogens (tertiary/aromatic N) is 2. The minimum Gasteiger partial charge on any atom is -0.338 e. The molecule has 2 aromatic rings. The molecule has 27 heavy (non-hydrogen) atoms. The van der Waals surface area contributed by atoms with Gasteiger partial charge in [0, 0.05) is 24.8 Å². The summed E-state index contributed by atoms with van der Waals surface area (Å²) in [6.45, 7) is 6.32. The number of rotatable bonds is 4. The van der Waals surface area contributed by atoms with Crippen LogP contribution in [-0.4, -0.2) is 30.3 Å². The molecule has 1 aliphatic rings. The van der Waals surface area contributed by atoms with Crippen molar-refractivity contribution in [2.24, 2.45) is 5.92 Å². The molecule has 0 bridgehead atoms. The fourth-order valence-electron chi connectivity index (χ4n) is 3.52. The van der Waals surface area contributed by atoms with Crippen molar-refractivity contribution >= 4 is 17.5 Å². The lowest BCUT2D eigenvalue weighted by atomic mass is 10.0. The minimum atomic E-state index is -0.717. The van der Waals surface area contributed by atoms with Gasteiger partial charge in [0.25, 0.3) is 0 Å². The molecule has 0 saturated carbocycles. The minimum absolute atomic E-state index is 0.184. The van der Waals surface area contributed by atoms with Crippen LogP contribution >= 0.6 is 0 Å². The van der Waals surface area contributed by atoms with E-state index >= 15 is 0 Å². The maximum absolute atomic E-state index is 14.1. The summed E-state index contributed by atoms with van der Waals surface area (Å²) in [5.41, 5.74) is 3.55. The molecule has 4 nitrogen and oxygen atoms in total. The Balaban J connectivity index is 1.76. The zero-order valence-electron chi connectivity index (χ0n) is 16.2. The molecule has 0 N–H and O–H groups in total. The summed E-state index contributed by atoms with van der Waals surface area (Å²) < 4.78 is 14.1. The number of benzene rings is 2. The SMILES string of the molecule is Cc1ccc(N2CCC(C(=O)N(C)C(C)c3ccccc3F)C2=O)cc1C. The number of hydrogen-bond donors (Lipinski definition) is 0. The Morgan fingerprint density at radius 3 is 2.56 bits per heavy atom. The van der Waals surface area contributed by atoms with Crippen LogP contribution in [0.5, 0.6) is 0 Å². The molecular formula is C22H25FN2O2. The van der Waals surface area contributed by atoms with Gasteiger partial charge >= 0.3 is 0 Å². The van der Waals surface area contributed by atoms with Crippen molar-refractivity contribution < 1.29 is 14.0 Å². The molecule has 3 rings (SSSR count). The molecule has 1 heterocycles. The zero-order chi connectivity index (χ0) is 19.7. The number of anilines is 1. The first-order chi connectivity index (χ1) is 12.8. The highest BCUT2D eigenvalue weighted by Gasteiger charge is 2.40. The van der Waals surface area contributed by atoms with Gasteiger partial charge in [-0.2, -0.15) is 0 Å². The van der Waals surface area contributed by atoms with Crippen LogP contribution in [0.25, 0.3) is 0 Å². The van der Waals surface area contributed by atoms with Crippen molar-refractivity contribution in [2.75, 3.05) is 18.5 Å². The van der Waals surface area contributed by atoms with Crippen LogP contribution in [0, 0.1) is 25.6 Å². The predicted molar refractivity (Wildman–Crippen MR) is 104 cm³/mol. The Bertz CT molecular complexity index is 880. The Hall–Kier alpha value is -2.69. The maximum atomic E-state index is 14.1. The lowest BCUT2D eigenvalue weighted by Crippen LogP contribution is -2.39. The van der Waals surface area contributed by atoms with Gasteiger partial charge in [0.15, 0.2) is 0 Å². The van der Waals surface area contributed by atoms with E-state index in [1.54, 1.807) is 37.1 Å².